The Morgan fingerprint density at radius 2 is 1.60 bits per heavy atom. The van der Waals surface area contributed by atoms with Crippen LogP contribution in [0.15, 0.2) is 84.2 Å². The summed E-state index contributed by atoms with van der Waals surface area (Å²) < 4.78 is 55.1. The normalized spacial score (nSPS) is 11.4. The van der Waals surface area contributed by atoms with Crippen LogP contribution in [-0.2, 0) is 31.9 Å². The predicted molar refractivity (Wildman–Crippen MR) is 150 cm³/mol. The fraction of sp³-hybridized carbons (Fsp3) is 0.167. The van der Waals surface area contributed by atoms with Crippen LogP contribution in [0.3, 0.4) is 0 Å². The Morgan fingerprint density at radius 3 is 2.36 bits per heavy atom. The molecule has 5 rings (SSSR count). The Labute approximate surface area is 236 Å². The van der Waals surface area contributed by atoms with Gasteiger partial charge in [0.2, 0.25) is 0 Å². The number of aromatic nitrogens is 4. The summed E-state index contributed by atoms with van der Waals surface area (Å²) in [5.41, 5.74) is 2.30. The minimum Gasteiger partial charge on any atom is -0.307 e. The maximum Gasteiger partial charge on any atom is 0.416 e. The van der Waals surface area contributed by atoms with Crippen LogP contribution < -0.4 is 16.2 Å². The first-order valence-electron chi connectivity index (χ1n) is 12.9. The summed E-state index contributed by atoms with van der Waals surface area (Å²) in [7, 11) is 0. The van der Waals surface area contributed by atoms with Gasteiger partial charge >= 0.3 is 12.2 Å². The fourth-order valence-corrected chi connectivity index (χ4v) is 4.49. The van der Waals surface area contributed by atoms with Crippen LogP contribution in [0.1, 0.15) is 27.8 Å². The maximum atomic E-state index is 14.9. The van der Waals surface area contributed by atoms with Gasteiger partial charge in [-0.05, 0) is 84.3 Å². The number of H-pyrrole nitrogens is 1. The summed E-state index contributed by atoms with van der Waals surface area (Å²) in [6.07, 6.45) is 3.17. The molecule has 0 aliphatic heterocycles. The van der Waals surface area contributed by atoms with Crippen LogP contribution in [0.25, 0.3) is 11.2 Å². The molecule has 0 radical (unpaired) electrons. The molecule has 2 amide bonds. The van der Waals surface area contributed by atoms with Crippen molar-refractivity contribution in [1.29, 1.82) is 0 Å². The molecule has 0 aliphatic rings. The molecule has 2 aromatic carbocycles. The Hall–Kier alpha value is -5.13. The zero-order chi connectivity index (χ0) is 29.7. The van der Waals surface area contributed by atoms with Crippen molar-refractivity contribution in [2.45, 2.75) is 31.9 Å². The van der Waals surface area contributed by atoms with E-state index in [2.05, 4.69) is 30.6 Å². The number of rotatable bonds is 8. The molecule has 0 aliphatic carbocycles. The number of carbonyl (C=O) groups excluding carboxylic acids is 1. The number of alkyl halides is 3. The lowest BCUT2D eigenvalue weighted by molar-refractivity contribution is -0.137. The molecule has 0 fully saturated rings. The van der Waals surface area contributed by atoms with E-state index in [9.17, 15) is 27.2 Å². The van der Waals surface area contributed by atoms with E-state index in [4.69, 9.17) is 0 Å². The number of aryl methyl sites for hydroxylation is 4. The average molecular weight is 577 g/mol. The van der Waals surface area contributed by atoms with Gasteiger partial charge in [-0.15, -0.1) is 0 Å². The highest BCUT2D eigenvalue weighted by molar-refractivity contribution is 6.00. The number of nitrogens with one attached hydrogen (secondary N) is 3. The summed E-state index contributed by atoms with van der Waals surface area (Å²) in [4.78, 5) is 39.1. The average Bonchev–Trinajstić information content (AvgIpc) is 2.96. The van der Waals surface area contributed by atoms with Crippen LogP contribution in [0.5, 0.6) is 0 Å². The molecule has 3 aromatic heterocycles. The zero-order valence-electron chi connectivity index (χ0n) is 22.0. The first-order valence-corrected chi connectivity index (χ1v) is 12.9. The summed E-state index contributed by atoms with van der Waals surface area (Å²) in [5.74, 6) is -0.703. The Kier molecular flexibility index (Phi) is 8.23. The quantitative estimate of drug-likeness (QED) is 0.194. The number of halogens is 4. The highest BCUT2D eigenvalue weighted by atomic mass is 19.4. The van der Waals surface area contributed by atoms with Crippen LogP contribution in [0, 0.1) is 5.82 Å². The Bertz CT molecular complexity index is 1790. The van der Waals surface area contributed by atoms with Gasteiger partial charge in [0.15, 0.2) is 5.65 Å². The molecule has 214 valence electrons. The highest BCUT2D eigenvalue weighted by Gasteiger charge is 2.31. The highest BCUT2D eigenvalue weighted by Crippen LogP contribution is 2.33. The molecule has 12 heteroatoms. The molecule has 0 atom stereocenters. The van der Waals surface area contributed by atoms with Crippen molar-refractivity contribution in [2.75, 3.05) is 10.6 Å². The predicted octanol–water partition coefficient (Wildman–Crippen LogP) is 6.09. The first kappa shape index (κ1) is 28.4. The van der Waals surface area contributed by atoms with Crippen LogP contribution in [0.2, 0.25) is 0 Å². The van der Waals surface area contributed by atoms with E-state index >= 15 is 0 Å². The van der Waals surface area contributed by atoms with Gasteiger partial charge in [0.1, 0.15) is 11.3 Å². The second kappa shape index (κ2) is 12.2. The van der Waals surface area contributed by atoms with E-state index in [1.54, 1.807) is 36.8 Å². The van der Waals surface area contributed by atoms with Crippen LogP contribution in [-0.4, -0.2) is 26.0 Å². The Morgan fingerprint density at radius 1 is 0.810 bits per heavy atom. The molecule has 5 aromatic rings. The standard InChI is InChI=1S/C30H24F4N6O2/c31-23-14-18(3-7-21-11-13-36-28-27(21)37-17-26(41)40-28)5-10-24(23)38-29(42)39-25-15-22(30(32,33)34)9-8-20(25)6-4-19-2-1-12-35-16-19/h1-2,5,8-17H,3-4,6-7H2,(H,36,40,41)(H2,38,39,42). The number of hydrogen-bond donors (Lipinski definition) is 3. The first-order chi connectivity index (χ1) is 20.2. The number of anilines is 2. The van der Waals surface area contributed by atoms with Crippen molar-refractivity contribution in [2.24, 2.45) is 0 Å². The van der Waals surface area contributed by atoms with E-state index in [0.717, 1.165) is 23.3 Å². The van der Waals surface area contributed by atoms with Crippen molar-refractivity contribution < 1.29 is 22.4 Å². The van der Waals surface area contributed by atoms with Gasteiger partial charge in [-0.25, -0.2) is 19.2 Å². The lowest BCUT2D eigenvalue weighted by Crippen LogP contribution is -2.21. The summed E-state index contributed by atoms with van der Waals surface area (Å²) in [5, 5.41) is 4.83. The molecule has 8 nitrogen and oxygen atoms in total. The number of amides is 2. The number of urea groups is 1. The van der Waals surface area contributed by atoms with E-state index < -0.39 is 23.6 Å². The lowest BCUT2D eigenvalue weighted by atomic mass is 10.0. The summed E-state index contributed by atoms with van der Waals surface area (Å²) in [6.45, 7) is 0. The molecule has 0 unspecified atom stereocenters. The van der Waals surface area contributed by atoms with Gasteiger partial charge in [-0.3, -0.25) is 9.78 Å². The second-order valence-corrected chi connectivity index (χ2v) is 9.54. The molecular weight excluding hydrogens is 552 g/mol. The monoisotopic (exact) mass is 576 g/mol. The number of pyridine rings is 2. The van der Waals surface area contributed by atoms with E-state index in [1.165, 1.54) is 24.4 Å². The molecule has 3 heterocycles. The number of aromatic amines is 1. The van der Waals surface area contributed by atoms with Crippen molar-refractivity contribution in [3.8, 4) is 0 Å². The van der Waals surface area contributed by atoms with Gasteiger partial charge in [-0.2, -0.15) is 13.2 Å². The number of benzene rings is 2. The molecule has 3 N–H and O–H groups in total. The van der Waals surface area contributed by atoms with Crippen molar-refractivity contribution >= 4 is 28.6 Å². The van der Waals surface area contributed by atoms with E-state index in [-0.39, 0.29) is 16.9 Å². The van der Waals surface area contributed by atoms with Gasteiger partial charge in [0.05, 0.1) is 17.4 Å². The molecule has 0 spiro atoms. The third-order valence-corrected chi connectivity index (χ3v) is 6.62. The van der Waals surface area contributed by atoms with E-state index in [0.29, 0.717) is 48.0 Å². The van der Waals surface area contributed by atoms with Crippen LogP contribution >= 0.6 is 0 Å². The van der Waals surface area contributed by atoms with Gasteiger partial charge in [0.25, 0.3) is 5.56 Å². The van der Waals surface area contributed by atoms with Crippen LogP contribution in [0.4, 0.5) is 33.7 Å². The smallest absolute Gasteiger partial charge is 0.307 e. The summed E-state index contributed by atoms with van der Waals surface area (Å²) in [6, 6.07) is 11.9. The number of fused-ring (bicyclic) bond motifs is 1. The SMILES string of the molecule is O=C(Nc1ccc(CCc2ccnc3[nH]c(=O)cnc23)cc1F)Nc1cc(C(F)(F)F)ccc1CCc1cccnc1. The minimum absolute atomic E-state index is 0.0252. The molecule has 0 bridgehead atoms. The minimum atomic E-state index is -4.60. The topological polar surface area (TPSA) is 113 Å². The van der Waals surface area contributed by atoms with Gasteiger partial charge < -0.3 is 15.6 Å². The molecule has 42 heavy (non-hydrogen) atoms. The van der Waals surface area contributed by atoms with Crippen molar-refractivity contribution in [3.05, 3.63) is 123 Å². The van der Waals surface area contributed by atoms with Crippen molar-refractivity contribution in [1.82, 2.24) is 19.9 Å². The van der Waals surface area contributed by atoms with Gasteiger partial charge in [-0.1, -0.05) is 18.2 Å². The van der Waals surface area contributed by atoms with Crippen molar-refractivity contribution in [3.63, 3.8) is 0 Å². The molecule has 0 saturated heterocycles. The zero-order valence-corrected chi connectivity index (χ0v) is 22.0. The van der Waals surface area contributed by atoms with Gasteiger partial charge in [0, 0.05) is 24.3 Å². The number of carbonyl (C=O) groups is 1. The van der Waals surface area contributed by atoms with E-state index in [1.807, 2.05) is 6.07 Å². The lowest BCUT2D eigenvalue weighted by Gasteiger charge is -2.16. The second-order valence-electron chi connectivity index (χ2n) is 9.54. The number of hydrogen-bond acceptors (Lipinski definition) is 5. The number of nitrogens with zero attached hydrogens (tertiary/aromatic N) is 3. The molecular formula is C30H24F4N6O2. The molecule has 0 saturated carbocycles. The maximum absolute atomic E-state index is 14.9. The fourth-order valence-electron chi connectivity index (χ4n) is 4.49. The third kappa shape index (κ3) is 6.95. The summed E-state index contributed by atoms with van der Waals surface area (Å²) >= 11 is 0. The Balaban J connectivity index is 1.27. The largest absolute Gasteiger partial charge is 0.416 e. The third-order valence-electron chi connectivity index (χ3n) is 6.62.